The van der Waals surface area contributed by atoms with E-state index in [0.717, 1.165) is 24.9 Å². The Morgan fingerprint density at radius 3 is 2.79 bits per heavy atom. The maximum absolute atomic E-state index is 11.3. The molecule has 1 heterocycles. The van der Waals surface area contributed by atoms with Crippen LogP contribution in [-0.4, -0.2) is 42.8 Å². The highest BCUT2D eigenvalue weighted by atomic mass is 35.5. The van der Waals surface area contributed by atoms with Crippen LogP contribution in [0, 0.1) is 11.8 Å². The fourth-order valence-electron chi connectivity index (χ4n) is 3.24. The zero-order chi connectivity index (χ0) is 17.7. The van der Waals surface area contributed by atoms with Crippen molar-refractivity contribution in [1.29, 1.82) is 0 Å². The Kier molecular flexibility index (Phi) is 6.75. The molecule has 2 unspecified atom stereocenters. The van der Waals surface area contributed by atoms with E-state index in [-0.39, 0.29) is 5.92 Å². The molecule has 134 valence electrons. The summed E-state index contributed by atoms with van der Waals surface area (Å²) in [5.41, 5.74) is 0.999. The van der Waals surface area contributed by atoms with Crippen molar-refractivity contribution in [2.75, 3.05) is 26.8 Å². The summed E-state index contributed by atoms with van der Waals surface area (Å²) in [5.74, 6) is 0.527. The second-order valence-electron chi connectivity index (χ2n) is 6.53. The average Bonchev–Trinajstić information content (AvgIpc) is 2.52. The van der Waals surface area contributed by atoms with Gasteiger partial charge in [-0.2, -0.15) is 0 Å². The van der Waals surface area contributed by atoms with E-state index in [1.54, 1.807) is 7.11 Å². The molecule has 0 saturated carbocycles. The Morgan fingerprint density at radius 2 is 2.17 bits per heavy atom. The van der Waals surface area contributed by atoms with Crippen LogP contribution in [0.15, 0.2) is 12.1 Å². The van der Waals surface area contributed by atoms with Crippen LogP contribution in [0.3, 0.4) is 0 Å². The molecule has 0 radical (unpaired) electrons. The van der Waals surface area contributed by atoms with Gasteiger partial charge in [0.05, 0.1) is 24.7 Å². The first-order chi connectivity index (χ1) is 11.4. The molecule has 1 aromatic rings. The molecule has 1 aromatic carbocycles. The van der Waals surface area contributed by atoms with Gasteiger partial charge >= 0.3 is 5.97 Å². The SMILES string of the molecule is CCCOc1c(Cl)cc(CN2CC(C)CC(C(=O)O)C2)cc1OC. The molecule has 6 heteroatoms. The Balaban J connectivity index is 2.14. The molecule has 0 spiro atoms. The van der Waals surface area contributed by atoms with Gasteiger partial charge in [-0.3, -0.25) is 9.69 Å². The highest BCUT2D eigenvalue weighted by molar-refractivity contribution is 6.32. The van der Waals surface area contributed by atoms with Crippen molar-refractivity contribution in [3.05, 3.63) is 22.7 Å². The summed E-state index contributed by atoms with van der Waals surface area (Å²) >= 11 is 6.36. The monoisotopic (exact) mass is 355 g/mol. The third-order valence-electron chi connectivity index (χ3n) is 4.23. The van der Waals surface area contributed by atoms with Crippen LogP contribution >= 0.6 is 11.6 Å². The fraction of sp³-hybridized carbons (Fsp3) is 0.611. The van der Waals surface area contributed by atoms with Crippen molar-refractivity contribution in [1.82, 2.24) is 4.90 Å². The van der Waals surface area contributed by atoms with Crippen LogP contribution < -0.4 is 9.47 Å². The standard InChI is InChI=1S/C18H26ClNO4/c1-4-5-24-17-15(19)7-13(8-16(17)23-3)10-20-9-12(2)6-14(11-20)18(21)22/h7-8,12,14H,4-6,9-11H2,1-3H3,(H,21,22). The molecule has 1 N–H and O–H groups in total. The highest BCUT2D eigenvalue weighted by Crippen LogP contribution is 2.37. The van der Waals surface area contributed by atoms with Crippen LogP contribution in [-0.2, 0) is 11.3 Å². The van der Waals surface area contributed by atoms with Crippen LogP contribution in [0.25, 0.3) is 0 Å². The minimum Gasteiger partial charge on any atom is -0.493 e. The van der Waals surface area contributed by atoms with E-state index in [0.29, 0.717) is 42.1 Å². The number of hydrogen-bond donors (Lipinski definition) is 1. The molecule has 0 aliphatic carbocycles. The van der Waals surface area contributed by atoms with Gasteiger partial charge in [-0.15, -0.1) is 0 Å². The van der Waals surface area contributed by atoms with Gasteiger partial charge in [0.1, 0.15) is 0 Å². The van der Waals surface area contributed by atoms with Gasteiger partial charge in [0.15, 0.2) is 11.5 Å². The second kappa shape index (κ2) is 8.58. The number of carbonyl (C=O) groups is 1. The third-order valence-corrected chi connectivity index (χ3v) is 4.51. The van der Waals surface area contributed by atoms with E-state index >= 15 is 0 Å². The smallest absolute Gasteiger partial charge is 0.307 e. The molecule has 2 atom stereocenters. The normalized spacial score (nSPS) is 21.5. The molecule has 2 rings (SSSR count). The van der Waals surface area contributed by atoms with Gasteiger partial charge in [-0.05, 0) is 36.5 Å². The molecular weight excluding hydrogens is 330 g/mol. The molecule has 1 saturated heterocycles. The largest absolute Gasteiger partial charge is 0.493 e. The zero-order valence-corrected chi connectivity index (χ0v) is 15.3. The van der Waals surface area contributed by atoms with Crippen LogP contribution in [0.5, 0.6) is 11.5 Å². The zero-order valence-electron chi connectivity index (χ0n) is 14.5. The Hall–Kier alpha value is -1.46. The number of piperidine rings is 1. The number of carboxylic acid groups (broad SMARTS) is 1. The van der Waals surface area contributed by atoms with Crippen LogP contribution in [0.2, 0.25) is 5.02 Å². The topological polar surface area (TPSA) is 59.0 Å². The minimum absolute atomic E-state index is 0.307. The lowest BCUT2D eigenvalue weighted by Gasteiger charge is -2.34. The molecule has 1 aliphatic heterocycles. The molecule has 5 nitrogen and oxygen atoms in total. The first-order valence-corrected chi connectivity index (χ1v) is 8.76. The number of hydrogen-bond acceptors (Lipinski definition) is 4. The van der Waals surface area contributed by atoms with Crippen molar-refractivity contribution < 1.29 is 19.4 Å². The second-order valence-corrected chi connectivity index (χ2v) is 6.93. The third kappa shape index (κ3) is 4.77. The maximum atomic E-state index is 11.3. The van der Waals surface area contributed by atoms with Crippen molar-refractivity contribution in [2.45, 2.75) is 33.2 Å². The van der Waals surface area contributed by atoms with Crippen molar-refractivity contribution in [3.8, 4) is 11.5 Å². The van der Waals surface area contributed by atoms with Gasteiger partial charge in [-0.25, -0.2) is 0 Å². The van der Waals surface area contributed by atoms with E-state index in [1.165, 1.54) is 0 Å². The van der Waals surface area contributed by atoms with E-state index in [4.69, 9.17) is 21.1 Å². The summed E-state index contributed by atoms with van der Waals surface area (Å²) < 4.78 is 11.1. The van der Waals surface area contributed by atoms with Gasteiger partial charge in [0.25, 0.3) is 0 Å². The van der Waals surface area contributed by atoms with E-state index in [9.17, 15) is 9.90 Å². The average molecular weight is 356 g/mol. The van der Waals surface area contributed by atoms with Crippen molar-refractivity contribution >= 4 is 17.6 Å². The summed E-state index contributed by atoms with van der Waals surface area (Å²) in [6.07, 6.45) is 1.63. The summed E-state index contributed by atoms with van der Waals surface area (Å²) in [7, 11) is 1.59. The number of ether oxygens (including phenoxy) is 2. The minimum atomic E-state index is -0.717. The van der Waals surface area contributed by atoms with Crippen LogP contribution in [0.4, 0.5) is 0 Å². The number of benzene rings is 1. The van der Waals surface area contributed by atoms with Crippen molar-refractivity contribution in [3.63, 3.8) is 0 Å². The molecule has 0 bridgehead atoms. The summed E-state index contributed by atoms with van der Waals surface area (Å²) in [6, 6.07) is 3.80. The maximum Gasteiger partial charge on any atom is 0.307 e. The number of carboxylic acids is 1. The molecule has 24 heavy (non-hydrogen) atoms. The number of nitrogens with zero attached hydrogens (tertiary/aromatic N) is 1. The van der Waals surface area contributed by atoms with Gasteiger partial charge in [0, 0.05) is 19.6 Å². The number of aliphatic carboxylic acids is 1. The Morgan fingerprint density at radius 1 is 1.42 bits per heavy atom. The van der Waals surface area contributed by atoms with E-state index in [2.05, 4.69) is 11.8 Å². The predicted octanol–water partition coefficient (Wildman–Crippen LogP) is 3.68. The molecular formula is C18H26ClNO4. The number of halogens is 1. The van der Waals surface area contributed by atoms with Crippen molar-refractivity contribution in [2.24, 2.45) is 11.8 Å². The van der Waals surface area contributed by atoms with Crippen LogP contribution in [0.1, 0.15) is 32.3 Å². The number of likely N-dealkylation sites (tertiary alicyclic amines) is 1. The summed E-state index contributed by atoms with van der Waals surface area (Å²) in [6.45, 7) is 6.81. The quantitative estimate of drug-likeness (QED) is 0.808. The van der Waals surface area contributed by atoms with E-state index < -0.39 is 5.97 Å². The van der Waals surface area contributed by atoms with Gasteiger partial charge < -0.3 is 14.6 Å². The lowest BCUT2D eigenvalue weighted by Crippen LogP contribution is -2.41. The summed E-state index contributed by atoms with van der Waals surface area (Å²) in [5, 5.41) is 9.83. The van der Waals surface area contributed by atoms with E-state index in [1.807, 2.05) is 19.1 Å². The molecule has 1 aliphatic rings. The molecule has 0 amide bonds. The highest BCUT2D eigenvalue weighted by Gasteiger charge is 2.29. The predicted molar refractivity (Wildman–Crippen MR) is 94.0 cm³/mol. The van der Waals surface area contributed by atoms with Gasteiger partial charge in [-0.1, -0.05) is 25.4 Å². The molecule has 1 fully saturated rings. The Bertz CT molecular complexity index is 578. The first-order valence-electron chi connectivity index (χ1n) is 8.38. The lowest BCUT2D eigenvalue weighted by atomic mass is 9.90. The fourth-order valence-corrected chi connectivity index (χ4v) is 3.52. The lowest BCUT2D eigenvalue weighted by molar-refractivity contribution is -0.144. The molecule has 0 aromatic heterocycles. The number of methoxy groups -OCH3 is 1. The summed E-state index contributed by atoms with van der Waals surface area (Å²) in [4.78, 5) is 13.5. The Labute approximate surface area is 148 Å². The number of rotatable bonds is 7. The first kappa shape index (κ1) is 18.9. The van der Waals surface area contributed by atoms with Gasteiger partial charge in [0.2, 0.25) is 0 Å².